The number of pyridine rings is 1. The van der Waals surface area contributed by atoms with Crippen LogP contribution in [-0.2, 0) is 16.6 Å². The van der Waals surface area contributed by atoms with Gasteiger partial charge in [0, 0.05) is 6.20 Å². The molecule has 1 heterocycles. The largest absolute Gasteiger partial charge is 0.496 e. The summed E-state index contributed by atoms with van der Waals surface area (Å²) in [6.07, 6.45) is 1.68. The number of methoxy groups -OCH3 is 1. The Hall–Kier alpha value is -2.77. The second-order valence-corrected chi connectivity index (χ2v) is 8.08. The molecule has 1 N–H and O–H groups in total. The SMILES string of the molecule is COc1ccc(S(=O)(=O)Nc2ccc(OCc3ccccn3)c(Cl)c2)cc1C. The number of nitrogens with zero attached hydrogens (tertiary/aromatic N) is 1. The second-order valence-electron chi connectivity index (χ2n) is 5.99. The fraction of sp³-hybridized carbons (Fsp3) is 0.150. The highest BCUT2D eigenvalue weighted by Gasteiger charge is 2.16. The van der Waals surface area contributed by atoms with E-state index in [1.165, 1.54) is 19.2 Å². The minimum absolute atomic E-state index is 0.136. The van der Waals surface area contributed by atoms with E-state index in [-0.39, 0.29) is 11.5 Å². The van der Waals surface area contributed by atoms with Crippen LogP contribution in [-0.4, -0.2) is 20.5 Å². The molecule has 0 aliphatic rings. The number of benzene rings is 2. The van der Waals surface area contributed by atoms with Crippen LogP contribution >= 0.6 is 11.6 Å². The first kappa shape index (κ1) is 20.0. The summed E-state index contributed by atoms with van der Waals surface area (Å²) < 4.78 is 38.6. The highest BCUT2D eigenvalue weighted by molar-refractivity contribution is 7.92. The molecule has 1 aromatic heterocycles. The van der Waals surface area contributed by atoms with Crippen LogP contribution in [0.4, 0.5) is 5.69 Å². The van der Waals surface area contributed by atoms with Crippen molar-refractivity contribution in [3.05, 3.63) is 77.1 Å². The molecule has 28 heavy (non-hydrogen) atoms. The van der Waals surface area contributed by atoms with E-state index in [2.05, 4.69) is 9.71 Å². The molecule has 0 bridgehead atoms. The van der Waals surface area contributed by atoms with E-state index in [0.717, 1.165) is 11.3 Å². The van der Waals surface area contributed by atoms with Gasteiger partial charge in [0.25, 0.3) is 10.0 Å². The Morgan fingerprint density at radius 2 is 1.86 bits per heavy atom. The Morgan fingerprint density at radius 3 is 2.50 bits per heavy atom. The molecule has 0 spiro atoms. The Bertz CT molecular complexity index is 1070. The van der Waals surface area contributed by atoms with Crippen molar-refractivity contribution < 1.29 is 17.9 Å². The summed E-state index contributed by atoms with van der Waals surface area (Å²) in [6.45, 7) is 2.04. The lowest BCUT2D eigenvalue weighted by Gasteiger charge is -2.12. The molecule has 0 fully saturated rings. The van der Waals surface area contributed by atoms with Gasteiger partial charge >= 0.3 is 0 Å². The van der Waals surface area contributed by atoms with Gasteiger partial charge in [-0.15, -0.1) is 0 Å². The van der Waals surface area contributed by atoms with Crippen molar-refractivity contribution in [1.82, 2.24) is 4.98 Å². The number of aromatic nitrogens is 1. The lowest BCUT2D eigenvalue weighted by Crippen LogP contribution is -2.13. The molecule has 0 aliphatic carbocycles. The summed E-state index contributed by atoms with van der Waals surface area (Å²) in [4.78, 5) is 4.31. The number of hydrogen-bond donors (Lipinski definition) is 1. The third-order valence-corrected chi connectivity index (χ3v) is 5.64. The highest BCUT2D eigenvalue weighted by Crippen LogP contribution is 2.30. The molecule has 0 unspecified atom stereocenters. The van der Waals surface area contributed by atoms with Crippen LogP contribution in [0.2, 0.25) is 5.02 Å². The number of halogens is 1. The third kappa shape index (κ3) is 4.74. The molecule has 3 aromatic rings. The lowest BCUT2D eigenvalue weighted by atomic mass is 10.2. The molecule has 0 saturated heterocycles. The summed E-state index contributed by atoms with van der Waals surface area (Å²) in [5.41, 5.74) is 1.82. The number of nitrogens with one attached hydrogen (secondary N) is 1. The van der Waals surface area contributed by atoms with E-state index in [1.54, 1.807) is 37.4 Å². The zero-order chi connectivity index (χ0) is 20.1. The number of ether oxygens (including phenoxy) is 2. The standard InChI is InChI=1S/C20H19ClN2O4S/c1-14-11-17(7-9-19(14)26-2)28(24,25)23-15-6-8-20(18(21)12-15)27-13-16-5-3-4-10-22-16/h3-12,23H,13H2,1-2H3. The van der Waals surface area contributed by atoms with E-state index in [0.29, 0.717) is 22.2 Å². The average Bonchev–Trinajstić information content (AvgIpc) is 2.68. The van der Waals surface area contributed by atoms with Crippen LogP contribution < -0.4 is 14.2 Å². The quantitative estimate of drug-likeness (QED) is 0.614. The van der Waals surface area contributed by atoms with Crippen molar-refractivity contribution >= 4 is 27.3 Å². The second kappa shape index (κ2) is 8.50. The van der Waals surface area contributed by atoms with Crippen molar-refractivity contribution in [2.45, 2.75) is 18.4 Å². The molecule has 2 aromatic carbocycles. The van der Waals surface area contributed by atoms with Gasteiger partial charge in [-0.3, -0.25) is 9.71 Å². The van der Waals surface area contributed by atoms with Crippen LogP contribution in [0.1, 0.15) is 11.3 Å². The molecule has 0 aliphatic heterocycles. The summed E-state index contributed by atoms with van der Waals surface area (Å²) in [5.74, 6) is 1.06. The summed E-state index contributed by atoms with van der Waals surface area (Å²) in [6, 6.07) is 14.9. The third-order valence-electron chi connectivity index (χ3n) is 3.96. The summed E-state index contributed by atoms with van der Waals surface area (Å²) in [7, 11) is -2.22. The van der Waals surface area contributed by atoms with E-state index < -0.39 is 10.0 Å². The van der Waals surface area contributed by atoms with Crippen molar-refractivity contribution in [2.24, 2.45) is 0 Å². The van der Waals surface area contributed by atoms with Crippen LogP contribution in [0.25, 0.3) is 0 Å². The van der Waals surface area contributed by atoms with Gasteiger partial charge in [-0.1, -0.05) is 17.7 Å². The zero-order valence-electron chi connectivity index (χ0n) is 15.3. The van der Waals surface area contributed by atoms with Crippen molar-refractivity contribution in [1.29, 1.82) is 0 Å². The van der Waals surface area contributed by atoms with Gasteiger partial charge < -0.3 is 9.47 Å². The Labute approximate surface area is 169 Å². The maximum Gasteiger partial charge on any atom is 0.261 e. The smallest absolute Gasteiger partial charge is 0.261 e. The van der Waals surface area contributed by atoms with Crippen molar-refractivity contribution in [3.63, 3.8) is 0 Å². The van der Waals surface area contributed by atoms with Gasteiger partial charge in [-0.25, -0.2) is 8.42 Å². The first-order chi connectivity index (χ1) is 13.4. The Kier molecular flexibility index (Phi) is 6.06. The molecule has 0 atom stereocenters. The topological polar surface area (TPSA) is 77.5 Å². The summed E-state index contributed by atoms with van der Waals surface area (Å²) in [5, 5.41) is 0.294. The normalized spacial score (nSPS) is 11.1. The molecule has 0 radical (unpaired) electrons. The molecular formula is C20H19ClN2O4S. The Balaban J connectivity index is 1.73. The van der Waals surface area contributed by atoms with Crippen LogP contribution in [0.15, 0.2) is 65.7 Å². The molecule has 0 saturated carbocycles. The van der Waals surface area contributed by atoms with E-state index in [1.807, 2.05) is 18.2 Å². The highest BCUT2D eigenvalue weighted by atomic mass is 35.5. The number of hydrogen-bond acceptors (Lipinski definition) is 5. The van der Waals surface area contributed by atoms with Gasteiger partial charge in [-0.2, -0.15) is 0 Å². The van der Waals surface area contributed by atoms with Crippen LogP contribution in [0.3, 0.4) is 0 Å². The van der Waals surface area contributed by atoms with Gasteiger partial charge in [0.15, 0.2) is 0 Å². The average molecular weight is 419 g/mol. The van der Waals surface area contributed by atoms with E-state index in [9.17, 15) is 8.42 Å². The van der Waals surface area contributed by atoms with E-state index in [4.69, 9.17) is 21.1 Å². The molecule has 146 valence electrons. The first-order valence-corrected chi connectivity index (χ1v) is 10.2. The maximum atomic E-state index is 12.6. The van der Waals surface area contributed by atoms with E-state index >= 15 is 0 Å². The molecule has 6 nitrogen and oxygen atoms in total. The fourth-order valence-electron chi connectivity index (χ4n) is 2.55. The zero-order valence-corrected chi connectivity index (χ0v) is 16.9. The summed E-state index contributed by atoms with van der Waals surface area (Å²) >= 11 is 6.24. The fourth-order valence-corrected chi connectivity index (χ4v) is 3.92. The van der Waals surface area contributed by atoms with Crippen molar-refractivity contribution in [3.8, 4) is 11.5 Å². The molecular weight excluding hydrogens is 400 g/mol. The maximum absolute atomic E-state index is 12.6. The number of aryl methyl sites for hydroxylation is 1. The van der Waals surface area contributed by atoms with Gasteiger partial charge in [0.2, 0.25) is 0 Å². The predicted octanol–water partition coefficient (Wildman–Crippen LogP) is 4.43. The van der Waals surface area contributed by atoms with Gasteiger partial charge in [0.05, 0.1) is 28.4 Å². The van der Waals surface area contributed by atoms with Crippen LogP contribution in [0, 0.1) is 6.92 Å². The molecule has 8 heteroatoms. The minimum atomic E-state index is -3.76. The van der Waals surface area contributed by atoms with Crippen LogP contribution in [0.5, 0.6) is 11.5 Å². The monoisotopic (exact) mass is 418 g/mol. The van der Waals surface area contributed by atoms with Crippen molar-refractivity contribution in [2.75, 3.05) is 11.8 Å². The molecule has 0 amide bonds. The minimum Gasteiger partial charge on any atom is -0.496 e. The number of anilines is 1. The number of sulfonamides is 1. The van der Waals surface area contributed by atoms with Gasteiger partial charge in [-0.05, 0) is 61.0 Å². The number of rotatable bonds is 7. The predicted molar refractivity (Wildman–Crippen MR) is 109 cm³/mol. The lowest BCUT2D eigenvalue weighted by molar-refractivity contribution is 0.301. The first-order valence-electron chi connectivity index (χ1n) is 8.39. The Morgan fingerprint density at radius 1 is 1.07 bits per heavy atom. The van der Waals surface area contributed by atoms with Gasteiger partial charge in [0.1, 0.15) is 18.1 Å². The molecule has 3 rings (SSSR count).